The summed E-state index contributed by atoms with van der Waals surface area (Å²) in [4.78, 5) is 16.0. The highest BCUT2D eigenvalue weighted by molar-refractivity contribution is 6.33. The van der Waals surface area contributed by atoms with Crippen LogP contribution in [0.4, 0.5) is 0 Å². The van der Waals surface area contributed by atoms with Gasteiger partial charge >= 0.3 is 0 Å². The van der Waals surface area contributed by atoms with Crippen molar-refractivity contribution in [1.29, 1.82) is 0 Å². The van der Waals surface area contributed by atoms with Crippen molar-refractivity contribution in [1.82, 2.24) is 10.4 Å². The van der Waals surface area contributed by atoms with Crippen molar-refractivity contribution in [2.24, 2.45) is 5.10 Å². The van der Waals surface area contributed by atoms with Crippen LogP contribution in [0.15, 0.2) is 64.2 Å². The van der Waals surface area contributed by atoms with E-state index in [1.54, 1.807) is 30.3 Å². The number of nitrogens with one attached hydrogen (secondary N) is 1. The van der Waals surface area contributed by atoms with Crippen LogP contribution < -0.4 is 5.43 Å². The van der Waals surface area contributed by atoms with Crippen LogP contribution in [-0.2, 0) is 0 Å². The van der Waals surface area contributed by atoms with E-state index in [0.29, 0.717) is 22.1 Å². The average molecular weight is 340 g/mol. The van der Waals surface area contributed by atoms with Gasteiger partial charge in [-0.25, -0.2) is 5.43 Å². The zero-order valence-electron chi connectivity index (χ0n) is 12.9. The minimum Gasteiger partial charge on any atom is -0.455 e. The lowest BCUT2D eigenvalue weighted by Gasteiger charge is -1.99. The molecule has 0 unspecified atom stereocenters. The largest absolute Gasteiger partial charge is 0.455 e. The first kappa shape index (κ1) is 16.0. The number of hydrazone groups is 1. The first-order valence-corrected chi connectivity index (χ1v) is 7.62. The molecule has 2 aromatic heterocycles. The summed E-state index contributed by atoms with van der Waals surface area (Å²) in [5.41, 5.74) is 4.52. The number of amides is 1. The summed E-state index contributed by atoms with van der Waals surface area (Å²) in [6.07, 6.45) is 2.93. The first-order chi connectivity index (χ1) is 11.6. The molecule has 1 aromatic carbocycles. The number of carbonyl (C=O) groups excluding carboxylic acids is 1. The maximum absolute atomic E-state index is 11.9. The number of hydrogen-bond donors (Lipinski definition) is 1. The maximum Gasteiger partial charge on any atom is 0.272 e. The predicted molar refractivity (Wildman–Crippen MR) is 93.2 cm³/mol. The molecule has 0 aliphatic rings. The lowest BCUT2D eigenvalue weighted by atomic mass is 10.2. The fourth-order valence-electron chi connectivity index (χ4n) is 2.05. The number of halogens is 1. The number of aryl methyl sites for hydroxylation is 1. The number of carbonyl (C=O) groups is 1. The number of rotatable bonds is 4. The van der Waals surface area contributed by atoms with E-state index in [9.17, 15) is 4.79 Å². The summed E-state index contributed by atoms with van der Waals surface area (Å²) < 4.78 is 5.66. The smallest absolute Gasteiger partial charge is 0.272 e. The maximum atomic E-state index is 11.9. The molecule has 6 heteroatoms. The van der Waals surface area contributed by atoms with Gasteiger partial charge in [0.2, 0.25) is 0 Å². The second kappa shape index (κ2) is 7.10. The summed E-state index contributed by atoms with van der Waals surface area (Å²) in [6, 6.07) is 14.4. The predicted octanol–water partition coefficient (Wildman–Crippen LogP) is 4.07. The molecule has 0 saturated heterocycles. The quantitative estimate of drug-likeness (QED) is 0.575. The Bertz CT molecular complexity index is 885. The second-order valence-corrected chi connectivity index (χ2v) is 5.48. The van der Waals surface area contributed by atoms with Gasteiger partial charge in [-0.2, -0.15) is 5.10 Å². The van der Waals surface area contributed by atoms with Gasteiger partial charge in [0.1, 0.15) is 11.5 Å². The summed E-state index contributed by atoms with van der Waals surface area (Å²) in [6.45, 7) is 1.85. The van der Waals surface area contributed by atoms with Crippen LogP contribution in [0.1, 0.15) is 21.8 Å². The minimum absolute atomic E-state index is 0.336. The monoisotopic (exact) mass is 339 g/mol. The van der Waals surface area contributed by atoms with E-state index in [1.165, 1.54) is 12.4 Å². The molecule has 0 fully saturated rings. The number of aromatic nitrogens is 1. The SMILES string of the molecule is Cc1ccc(C(=O)N/N=C\c2ccc(-c3ccccc3Cl)o2)cn1. The number of furan rings is 1. The van der Waals surface area contributed by atoms with Crippen molar-refractivity contribution in [2.45, 2.75) is 6.92 Å². The van der Waals surface area contributed by atoms with Crippen molar-refractivity contribution in [3.63, 3.8) is 0 Å². The van der Waals surface area contributed by atoms with Crippen molar-refractivity contribution in [2.75, 3.05) is 0 Å². The Morgan fingerprint density at radius 3 is 2.79 bits per heavy atom. The van der Waals surface area contributed by atoms with Gasteiger partial charge in [0.15, 0.2) is 0 Å². The van der Waals surface area contributed by atoms with Crippen LogP contribution in [0.3, 0.4) is 0 Å². The highest BCUT2D eigenvalue weighted by Crippen LogP contribution is 2.28. The zero-order chi connectivity index (χ0) is 16.9. The van der Waals surface area contributed by atoms with E-state index in [2.05, 4.69) is 15.5 Å². The van der Waals surface area contributed by atoms with E-state index in [1.807, 2.05) is 25.1 Å². The summed E-state index contributed by atoms with van der Waals surface area (Å²) >= 11 is 6.14. The molecule has 0 radical (unpaired) electrons. The lowest BCUT2D eigenvalue weighted by molar-refractivity contribution is 0.0954. The molecule has 5 nitrogen and oxygen atoms in total. The highest BCUT2D eigenvalue weighted by atomic mass is 35.5. The molecule has 0 aliphatic carbocycles. The Morgan fingerprint density at radius 2 is 2.04 bits per heavy atom. The Morgan fingerprint density at radius 1 is 1.21 bits per heavy atom. The van der Waals surface area contributed by atoms with Crippen LogP contribution in [0.25, 0.3) is 11.3 Å². The fourth-order valence-corrected chi connectivity index (χ4v) is 2.28. The first-order valence-electron chi connectivity index (χ1n) is 7.24. The van der Waals surface area contributed by atoms with Gasteiger partial charge in [0.05, 0.1) is 16.8 Å². The Kier molecular flexibility index (Phi) is 4.72. The van der Waals surface area contributed by atoms with Gasteiger partial charge in [-0.1, -0.05) is 23.7 Å². The van der Waals surface area contributed by atoms with Gasteiger partial charge in [-0.3, -0.25) is 9.78 Å². The highest BCUT2D eigenvalue weighted by Gasteiger charge is 2.07. The van der Waals surface area contributed by atoms with Crippen molar-refractivity contribution >= 4 is 23.7 Å². The Labute approximate surface area is 144 Å². The number of pyridine rings is 1. The fraction of sp³-hybridized carbons (Fsp3) is 0.0556. The van der Waals surface area contributed by atoms with Gasteiger partial charge in [-0.15, -0.1) is 0 Å². The molecule has 3 rings (SSSR count). The third kappa shape index (κ3) is 3.70. The molecule has 2 heterocycles. The average Bonchev–Trinajstić information content (AvgIpc) is 3.04. The second-order valence-electron chi connectivity index (χ2n) is 5.07. The molecule has 120 valence electrons. The van der Waals surface area contributed by atoms with Gasteiger partial charge < -0.3 is 4.42 Å². The summed E-state index contributed by atoms with van der Waals surface area (Å²) in [5, 5.41) is 4.50. The van der Waals surface area contributed by atoms with Crippen LogP contribution in [0.2, 0.25) is 5.02 Å². The molecular weight excluding hydrogens is 326 g/mol. The van der Waals surface area contributed by atoms with Crippen LogP contribution in [0, 0.1) is 6.92 Å². The van der Waals surface area contributed by atoms with Crippen LogP contribution >= 0.6 is 11.6 Å². The van der Waals surface area contributed by atoms with E-state index in [-0.39, 0.29) is 5.91 Å². The molecule has 0 bridgehead atoms. The number of nitrogens with zero attached hydrogens (tertiary/aromatic N) is 2. The molecular formula is C18H14ClN3O2. The van der Waals surface area contributed by atoms with Crippen molar-refractivity contribution in [3.05, 3.63) is 76.8 Å². The summed E-state index contributed by atoms with van der Waals surface area (Å²) in [7, 11) is 0. The molecule has 24 heavy (non-hydrogen) atoms. The molecule has 0 atom stereocenters. The number of hydrogen-bond acceptors (Lipinski definition) is 4. The van der Waals surface area contributed by atoms with Crippen LogP contribution in [0.5, 0.6) is 0 Å². The Balaban J connectivity index is 1.66. The third-order valence-corrected chi connectivity index (χ3v) is 3.63. The Hall–Kier alpha value is -2.92. The van der Waals surface area contributed by atoms with E-state index in [4.69, 9.17) is 16.0 Å². The normalized spacial score (nSPS) is 10.9. The topological polar surface area (TPSA) is 67.5 Å². The lowest BCUT2D eigenvalue weighted by Crippen LogP contribution is -2.17. The van der Waals surface area contributed by atoms with Crippen LogP contribution in [-0.4, -0.2) is 17.1 Å². The van der Waals surface area contributed by atoms with E-state index < -0.39 is 0 Å². The van der Waals surface area contributed by atoms with Crippen molar-refractivity contribution in [3.8, 4) is 11.3 Å². The molecule has 3 aromatic rings. The third-order valence-electron chi connectivity index (χ3n) is 3.30. The van der Waals surface area contributed by atoms with Crippen molar-refractivity contribution < 1.29 is 9.21 Å². The van der Waals surface area contributed by atoms with Gasteiger partial charge in [-0.05, 0) is 43.3 Å². The molecule has 0 spiro atoms. The minimum atomic E-state index is -0.336. The molecule has 1 amide bonds. The van der Waals surface area contributed by atoms with Gasteiger partial charge in [0, 0.05) is 17.5 Å². The van der Waals surface area contributed by atoms with E-state index >= 15 is 0 Å². The zero-order valence-corrected chi connectivity index (χ0v) is 13.6. The van der Waals surface area contributed by atoms with Gasteiger partial charge in [0.25, 0.3) is 5.91 Å². The number of benzene rings is 1. The van der Waals surface area contributed by atoms with E-state index in [0.717, 1.165) is 11.3 Å². The standard InChI is InChI=1S/C18H14ClN3O2/c1-12-6-7-13(10-20-12)18(23)22-21-11-14-8-9-17(24-14)15-4-2-3-5-16(15)19/h2-11H,1H3,(H,22,23)/b21-11-. The molecule has 0 saturated carbocycles. The molecule has 1 N–H and O–H groups in total. The summed E-state index contributed by atoms with van der Waals surface area (Å²) in [5.74, 6) is 0.806. The molecule has 0 aliphatic heterocycles.